The van der Waals surface area contributed by atoms with E-state index in [1.807, 2.05) is 60.7 Å². The summed E-state index contributed by atoms with van der Waals surface area (Å²) in [7, 11) is -4.26. The normalized spacial score (nSPS) is 11.0. The first-order valence-corrected chi connectivity index (χ1v) is 13.3. The van der Waals surface area contributed by atoms with E-state index in [-0.39, 0.29) is 11.3 Å². The van der Waals surface area contributed by atoms with E-state index in [9.17, 15) is 26.8 Å². The van der Waals surface area contributed by atoms with E-state index >= 15 is 0 Å². The van der Waals surface area contributed by atoms with Gasteiger partial charge in [-0.3, -0.25) is 9.52 Å². The molecule has 4 aromatic carbocycles. The Morgan fingerprint density at radius 3 is 1.95 bits per heavy atom. The lowest BCUT2D eigenvalue weighted by atomic mass is 10.1. The fourth-order valence-electron chi connectivity index (χ4n) is 3.71. The highest BCUT2D eigenvalue weighted by atomic mass is 32.2. The number of hydrogen-bond acceptors (Lipinski definition) is 5. The molecule has 4 aromatic rings. The van der Waals surface area contributed by atoms with Gasteiger partial charge in [-0.05, 0) is 47.5 Å². The molecule has 4 rings (SSSR count). The second kappa shape index (κ2) is 12.3. The molecule has 0 unspecified atom stereocenters. The monoisotopic (exact) mass is 550 g/mol. The SMILES string of the molecule is O=C(OCC(=O)N(Cc1ccccc1)Cc1ccccc1)c1cccc(NS(=O)(=O)c2ccc(F)c(F)c2)c1. The van der Waals surface area contributed by atoms with Crippen LogP contribution in [0.5, 0.6) is 0 Å². The highest BCUT2D eigenvalue weighted by Gasteiger charge is 2.20. The van der Waals surface area contributed by atoms with Gasteiger partial charge in [-0.2, -0.15) is 0 Å². The van der Waals surface area contributed by atoms with Crippen molar-refractivity contribution in [3.05, 3.63) is 131 Å². The van der Waals surface area contributed by atoms with Crippen LogP contribution in [0.4, 0.5) is 14.5 Å². The molecule has 0 saturated carbocycles. The Morgan fingerprint density at radius 1 is 0.744 bits per heavy atom. The van der Waals surface area contributed by atoms with Crippen LogP contribution in [0, 0.1) is 11.6 Å². The molecule has 0 aromatic heterocycles. The maximum absolute atomic E-state index is 13.5. The quantitative estimate of drug-likeness (QED) is 0.276. The Bertz CT molecular complexity index is 1520. The smallest absolute Gasteiger partial charge is 0.338 e. The summed E-state index contributed by atoms with van der Waals surface area (Å²) in [6, 6.07) is 26.4. The maximum atomic E-state index is 13.5. The number of carbonyl (C=O) groups is 2. The average molecular weight is 551 g/mol. The fourth-order valence-corrected chi connectivity index (χ4v) is 4.77. The largest absolute Gasteiger partial charge is 0.452 e. The minimum atomic E-state index is -4.26. The van der Waals surface area contributed by atoms with E-state index in [1.54, 1.807) is 4.90 Å². The lowest BCUT2D eigenvalue weighted by molar-refractivity contribution is -0.135. The first-order valence-electron chi connectivity index (χ1n) is 11.8. The standard InChI is InChI=1S/C29H24F2N2O5S/c30-26-15-14-25(17-27(26)31)39(36,37)32-24-13-7-12-23(16-24)29(35)38-20-28(34)33(18-21-8-3-1-4-9-21)19-22-10-5-2-6-11-22/h1-17,32H,18-20H2. The molecule has 200 valence electrons. The molecule has 0 aliphatic heterocycles. The molecule has 0 heterocycles. The molecule has 10 heteroatoms. The highest BCUT2D eigenvalue weighted by molar-refractivity contribution is 7.92. The van der Waals surface area contributed by atoms with Crippen molar-refractivity contribution in [3.8, 4) is 0 Å². The lowest BCUT2D eigenvalue weighted by Gasteiger charge is -2.23. The fraction of sp³-hybridized carbons (Fsp3) is 0.103. The Hall–Kier alpha value is -4.57. The number of esters is 1. The van der Waals surface area contributed by atoms with E-state index in [2.05, 4.69) is 4.72 Å². The van der Waals surface area contributed by atoms with E-state index in [4.69, 9.17) is 4.74 Å². The van der Waals surface area contributed by atoms with E-state index in [0.29, 0.717) is 25.2 Å². The van der Waals surface area contributed by atoms with Gasteiger partial charge in [0.2, 0.25) is 0 Å². The van der Waals surface area contributed by atoms with Crippen LogP contribution in [0.15, 0.2) is 108 Å². The average Bonchev–Trinajstić information content (AvgIpc) is 2.93. The van der Waals surface area contributed by atoms with Gasteiger partial charge in [0.25, 0.3) is 15.9 Å². The van der Waals surface area contributed by atoms with Crippen LogP contribution in [0.3, 0.4) is 0 Å². The molecule has 1 amide bonds. The minimum Gasteiger partial charge on any atom is -0.452 e. The summed E-state index contributed by atoms with van der Waals surface area (Å²) in [6.45, 7) is 0.101. The predicted molar refractivity (Wildman–Crippen MR) is 141 cm³/mol. The summed E-state index contributed by atoms with van der Waals surface area (Å²) < 4.78 is 59.3. The topological polar surface area (TPSA) is 92.8 Å². The number of rotatable bonds is 10. The number of sulfonamides is 1. The van der Waals surface area contributed by atoms with Crippen LogP contribution < -0.4 is 4.72 Å². The molecule has 0 bridgehead atoms. The predicted octanol–water partition coefficient (Wildman–Crippen LogP) is 5.15. The summed E-state index contributed by atoms with van der Waals surface area (Å²) in [5.74, 6) is -3.74. The van der Waals surface area contributed by atoms with Crippen molar-refractivity contribution in [1.29, 1.82) is 0 Å². The minimum absolute atomic E-state index is 0.00436. The number of carbonyl (C=O) groups excluding carboxylic acids is 2. The molecule has 7 nitrogen and oxygen atoms in total. The Kier molecular flexibility index (Phi) is 8.67. The zero-order valence-corrected chi connectivity index (χ0v) is 21.4. The Labute approximate surface area is 224 Å². The molecular weight excluding hydrogens is 526 g/mol. The van der Waals surface area contributed by atoms with E-state index in [1.165, 1.54) is 24.3 Å². The van der Waals surface area contributed by atoms with E-state index in [0.717, 1.165) is 17.2 Å². The molecule has 39 heavy (non-hydrogen) atoms. The second-order valence-corrected chi connectivity index (χ2v) is 10.2. The summed E-state index contributed by atoms with van der Waals surface area (Å²) in [6.07, 6.45) is 0. The second-order valence-electron chi connectivity index (χ2n) is 8.56. The van der Waals surface area contributed by atoms with Crippen LogP contribution in [-0.2, 0) is 32.6 Å². The van der Waals surface area contributed by atoms with Gasteiger partial charge in [0.1, 0.15) is 0 Å². The zero-order chi connectivity index (χ0) is 27.8. The Morgan fingerprint density at radius 2 is 1.36 bits per heavy atom. The number of halogens is 2. The summed E-state index contributed by atoms with van der Waals surface area (Å²) in [4.78, 5) is 26.8. The molecule has 0 aliphatic carbocycles. The van der Waals surface area contributed by atoms with Gasteiger partial charge in [-0.25, -0.2) is 22.0 Å². The van der Waals surface area contributed by atoms with Crippen molar-refractivity contribution >= 4 is 27.6 Å². The van der Waals surface area contributed by atoms with Crippen LogP contribution in [0.1, 0.15) is 21.5 Å². The van der Waals surface area contributed by atoms with Gasteiger partial charge >= 0.3 is 5.97 Å². The third-order valence-electron chi connectivity index (χ3n) is 5.66. The Balaban J connectivity index is 1.43. The van der Waals surface area contributed by atoms with Gasteiger partial charge in [-0.15, -0.1) is 0 Å². The van der Waals surface area contributed by atoms with Gasteiger partial charge in [0.15, 0.2) is 18.2 Å². The number of anilines is 1. The number of nitrogens with zero attached hydrogens (tertiary/aromatic N) is 1. The maximum Gasteiger partial charge on any atom is 0.338 e. The molecule has 0 radical (unpaired) electrons. The molecule has 0 aliphatic rings. The van der Waals surface area contributed by atoms with Crippen LogP contribution in [-0.4, -0.2) is 31.8 Å². The molecular formula is C29H24F2N2O5S. The number of hydrogen-bond donors (Lipinski definition) is 1. The van der Waals surface area contributed by atoms with Gasteiger partial charge in [-0.1, -0.05) is 66.7 Å². The molecule has 0 atom stereocenters. The van der Waals surface area contributed by atoms with Crippen LogP contribution >= 0.6 is 0 Å². The molecule has 1 N–H and O–H groups in total. The van der Waals surface area contributed by atoms with E-state index < -0.39 is 45.0 Å². The van der Waals surface area contributed by atoms with Crippen molar-refractivity contribution in [3.63, 3.8) is 0 Å². The van der Waals surface area contributed by atoms with Crippen LogP contribution in [0.25, 0.3) is 0 Å². The number of amides is 1. The summed E-state index contributed by atoms with van der Waals surface area (Å²) >= 11 is 0. The molecule has 0 saturated heterocycles. The number of ether oxygens (including phenoxy) is 1. The van der Waals surface area contributed by atoms with Crippen molar-refractivity contribution in [1.82, 2.24) is 4.90 Å². The van der Waals surface area contributed by atoms with Crippen molar-refractivity contribution in [2.75, 3.05) is 11.3 Å². The first-order chi connectivity index (χ1) is 18.7. The third kappa shape index (κ3) is 7.48. The van der Waals surface area contributed by atoms with Gasteiger partial charge in [0, 0.05) is 18.8 Å². The van der Waals surface area contributed by atoms with Crippen molar-refractivity contribution in [2.24, 2.45) is 0 Å². The molecule has 0 fully saturated rings. The number of benzene rings is 4. The third-order valence-corrected chi connectivity index (χ3v) is 7.04. The van der Waals surface area contributed by atoms with Crippen molar-refractivity contribution < 1.29 is 31.5 Å². The summed E-state index contributed by atoms with van der Waals surface area (Å²) in [5, 5.41) is 0. The highest BCUT2D eigenvalue weighted by Crippen LogP contribution is 2.20. The first kappa shape index (κ1) is 27.5. The zero-order valence-electron chi connectivity index (χ0n) is 20.6. The van der Waals surface area contributed by atoms with Crippen LogP contribution in [0.2, 0.25) is 0 Å². The lowest BCUT2D eigenvalue weighted by Crippen LogP contribution is -2.34. The van der Waals surface area contributed by atoms with Crippen molar-refractivity contribution in [2.45, 2.75) is 18.0 Å². The van der Waals surface area contributed by atoms with Gasteiger partial charge < -0.3 is 9.64 Å². The molecule has 0 spiro atoms. The summed E-state index contributed by atoms with van der Waals surface area (Å²) in [5.41, 5.74) is 1.81. The van der Waals surface area contributed by atoms with Gasteiger partial charge in [0.05, 0.1) is 10.5 Å². The number of nitrogens with one attached hydrogen (secondary N) is 1.